The number of benzene rings is 1. The lowest BCUT2D eigenvalue weighted by Gasteiger charge is -2.30. The molecule has 1 heterocycles. The van der Waals surface area contributed by atoms with E-state index in [1.165, 1.54) is 6.42 Å². The minimum atomic E-state index is -0.126. The SMILES string of the molecule is CC(C)CCN[C@H]1CC[C@H](Oc2cc3cc[nH]c(=O)c3cc2Cl)CC1. The van der Waals surface area contributed by atoms with E-state index in [4.69, 9.17) is 16.3 Å². The standard InChI is InChI=1S/C20H27ClN2O2/c1-13(2)7-9-22-15-3-5-16(6-4-15)25-19-11-14-8-10-23-20(24)17(14)12-18(19)21/h8,10-13,15-16,22H,3-7,9H2,1-2H3,(H,23,24)/t15-,16-. The third-order valence-electron chi connectivity index (χ3n) is 4.95. The average Bonchev–Trinajstić information content (AvgIpc) is 2.58. The van der Waals surface area contributed by atoms with E-state index >= 15 is 0 Å². The highest BCUT2D eigenvalue weighted by molar-refractivity contribution is 6.32. The maximum atomic E-state index is 11.8. The van der Waals surface area contributed by atoms with E-state index in [2.05, 4.69) is 24.1 Å². The van der Waals surface area contributed by atoms with Crippen LogP contribution < -0.4 is 15.6 Å². The predicted molar refractivity (Wildman–Crippen MR) is 104 cm³/mol. The molecule has 0 saturated heterocycles. The molecular weight excluding hydrogens is 336 g/mol. The van der Waals surface area contributed by atoms with Crippen molar-refractivity contribution in [3.05, 3.63) is 39.8 Å². The molecule has 0 radical (unpaired) electrons. The molecule has 2 aromatic rings. The highest BCUT2D eigenvalue weighted by Gasteiger charge is 2.23. The monoisotopic (exact) mass is 362 g/mol. The highest BCUT2D eigenvalue weighted by atomic mass is 35.5. The molecular formula is C20H27ClN2O2. The van der Waals surface area contributed by atoms with Gasteiger partial charge in [0, 0.05) is 17.6 Å². The third-order valence-corrected chi connectivity index (χ3v) is 5.24. The number of ether oxygens (including phenoxy) is 1. The number of H-pyrrole nitrogens is 1. The minimum Gasteiger partial charge on any atom is -0.489 e. The summed E-state index contributed by atoms with van der Waals surface area (Å²) in [6, 6.07) is 6.05. The quantitative estimate of drug-likeness (QED) is 0.795. The fraction of sp³-hybridized carbons (Fsp3) is 0.550. The largest absolute Gasteiger partial charge is 0.489 e. The van der Waals surface area contributed by atoms with Gasteiger partial charge in [-0.3, -0.25) is 4.79 Å². The van der Waals surface area contributed by atoms with Crippen molar-refractivity contribution in [2.75, 3.05) is 6.54 Å². The van der Waals surface area contributed by atoms with Gasteiger partial charge >= 0.3 is 0 Å². The number of aromatic nitrogens is 1. The van der Waals surface area contributed by atoms with Crippen LogP contribution in [0.1, 0.15) is 46.0 Å². The first-order chi connectivity index (χ1) is 12.0. The molecule has 3 rings (SSSR count). The molecule has 2 N–H and O–H groups in total. The molecule has 0 amide bonds. The number of pyridine rings is 1. The molecule has 1 aromatic carbocycles. The lowest BCUT2D eigenvalue weighted by atomic mass is 9.92. The van der Waals surface area contributed by atoms with Crippen molar-refractivity contribution in [3.63, 3.8) is 0 Å². The molecule has 0 aliphatic heterocycles. The predicted octanol–water partition coefficient (Wildman–Crippen LogP) is 4.51. The van der Waals surface area contributed by atoms with E-state index in [-0.39, 0.29) is 11.7 Å². The zero-order valence-electron chi connectivity index (χ0n) is 15.0. The molecule has 0 unspecified atom stereocenters. The first-order valence-corrected chi connectivity index (χ1v) is 9.61. The van der Waals surface area contributed by atoms with Gasteiger partial charge in [0.2, 0.25) is 0 Å². The van der Waals surface area contributed by atoms with E-state index in [1.807, 2.05) is 12.1 Å². The van der Waals surface area contributed by atoms with E-state index in [0.29, 0.717) is 22.2 Å². The molecule has 1 aromatic heterocycles. The maximum Gasteiger partial charge on any atom is 0.255 e. The van der Waals surface area contributed by atoms with Crippen molar-refractivity contribution in [1.29, 1.82) is 0 Å². The van der Waals surface area contributed by atoms with Crippen LogP contribution in [-0.2, 0) is 0 Å². The number of halogens is 1. The zero-order valence-corrected chi connectivity index (χ0v) is 15.7. The minimum absolute atomic E-state index is 0.126. The van der Waals surface area contributed by atoms with Crippen LogP contribution in [0, 0.1) is 5.92 Å². The molecule has 5 heteroatoms. The summed E-state index contributed by atoms with van der Waals surface area (Å²) in [5.74, 6) is 1.42. The van der Waals surface area contributed by atoms with Crippen LogP contribution >= 0.6 is 11.6 Å². The van der Waals surface area contributed by atoms with Crippen LogP contribution in [0.5, 0.6) is 5.75 Å². The molecule has 1 aliphatic rings. The Morgan fingerprint density at radius 1 is 1.28 bits per heavy atom. The lowest BCUT2D eigenvalue weighted by Crippen LogP contribution is -2.37. The summed E-state index contributed by atoms with van der Waals surface area (Å²) in [6.45, 7) is 5.61. The van der Waals surface area contributed by atoms with Crippen LogP contribution in [0.3, 0.4) is 0 Å². The van der Waals surface area contributed by atoms with Gasteiger partial charge in [-0.25, -0.2) is 0 Å². The van der Waals surface area contributed by atoms with Crippen LogP contribution in [0.4, 0.5) is 0 Å². The second-order valence-corrected chi connectivity index (χ2v) is 7.81. The Morgan fingerprint density at radius 2 is 2.04 bits per heavy atom. The normalized spacial score (nSPS) is 21.0. The third kappa shape index (κ3) is 4.77. The van der Waals surface area contributed by atoms with E-state index in [9.17, 15) is 4.79 Å². The maximum absolute atomic E-state index is 11.8. The average molecular weight is 363 g/mol. The van der Waals surface area contributed by atoms with Crippen molar-refractivity contribution < 1.29 is 4.74 Å². The molecule has 136 valence electrons. The molecule has 1 saturated carbocycles. The summed E-state index contributed by atoms with van der Waals surface area (Å²) in [7, 11) is 0. The fourth-order valence-electron chi connectivity index (χ4n) is 3.42. The van der Waals surface area contributed by atoms with Crippen LogP contribution in [0.15, 0.2) is 29.2 Å². The summed E-state index contributed by atoms with van der Waals surface area (Å²) < 4.78 is 6.15. The Hall–Kier alpha value is -1.52. The first-order valence-electron chi connectivity index (χ1n) is 9.24. The van der Waals surface area contributed by atoms with E-state index in [1.54, 1.807) is 12.3 Å². The number of hydrogen-bond acceptors (Lipinski definition) is 3. The second-order valence-electron chi connectivity index (χ2n) is 7.40. The number of aromatic amines is 1. The fourth-order valence-corrected chi connectivity index (χ4v) is 3.63. The lowest BCUT2D eigenvalue weighted by molar-refractivity contribution is 0.139. The molecule has 0 bridgehead atoms. The van der Waals surface area contributed by atoms with Gasteiger partial charge in [-0.15, -0.1) is 0 Å². The van der Waals surface area contributed by atoms with Gasteiger partial charge in [-0.1, -0.05) is 25.4 Å². The number of fused-ring (bicyclic) bond motifs is 1. The molecule has 1 fully saturated rings. The molecule has 1 aliphatic carbocycles. The van der Waals surface area contributed by atoms with E-state index in [0.717, 1.165) is 43.5 Å². The van der Waals surface area contributed by atoms with Crippen LogP contribution in [-0.4, -0.2) is 23.7 Å². The van der Waals surface area contributed by atoms with Gasteiger partial charge in [-0.05, 0) is 68.2 Å². The van der Waals surface area contributed by atoms with Gasteiger partial charge in [0.1, 0.15) is 5.75 Å². The Balaban J connectivity index is 1.58. The van der Waals surface area contributed by atoms with Crippen molar-refractivity contribution in [3.8, 4) is 5.75 Å². The summed E-state index contributed by atoms with van der Waals surface area (Å²) in [5, 5.41) is 5.61. The van der Waals surface area contributed by atoms with Crippen LogP contribution in [0.25, 0.3) is 10.8 Å². The Bertz CT molecular complexity index is 764. The van der Waals surface area contributed by atoms with Crippen LogP contribution in [0.2, 0.25) is 5.02 Å². The Morgan fingerprint density at radius 3 is 2.76 bits per heavy atom. The second kappa shape index (κ2) is 8.24. The zero-order chi connectivity index (χ0) is 17.8. The van der Waals surface area contributed by atoms with Gasteiger partial charge in [0.25, 0.3) is 5.56 Å². The van der Waals surface area contributed by atoms with E-state index < -0.39 is 0 Å². The van der Waals surface area contributed by atoms with Gasteiger partial charge in [-0.2, -0.15) is 0 Å². The smallest absolute Gasteiger partial charge is 0.255 e. The van der Waals surface area contributed by atoms with Crippen molar-refractivity contribution in [1.82, 2.24) is 10.3 Å². The van der Waals surface area contributed by atoms with Gasteiger partial charge in [0.15, 0.2) is 0 Å². The van der Waals surface area contributed by atoms with Gasteiger partial charge < -0.3 is 15.0 Å². The van der Waals surface area contributed by atoms with Crippen molar-refractivity contribution in [2.45, 2.75) is 58.1 Å². The molecule has 0 atom stereocenters. The number of rotatable bonds is 6. The highest BCUT2D eigenvalue weighted by Crippen LogP contribution is 2.32. The molecule has 25 heavy (non-hydrogen) atoms. The summed E-state index contributed by atoms with van der Waals surface area (Å²) in [6.07, 6.45) is 7.40. The number of nitrogens with one attached hydrogen (secondary N) is 2. The first kappa shape index (κ1) is 18.3. The molecule has 4 nitrogen and oxygen atoms in total. The summed E-state index contributed by atoms with van der Waals surface area (Å²) >= 11 is 6.33. The van der Waals surface area contributed by atoms with Gasteiger partial charge in [0.05, 0.1) is 11.1 Å². The summed E-state index contributed by atoms with van der Waals surface area (Å²) in [5.41, 5.74) is -0.126. The molecule has 0 spiro atoms. The van der Waals surface area contributed by atoms with Crippen molar-refractivity contribution >= 4 is 22.4 Å². The van der Waals surface area contributed by atoms with Crippen molar-refractivity contribution in [2.24, 2.45) is 5.92 Å². The Labute approximate surface area is 153 Å². The topological polar surface area (TPSA) is 54.1 Å². The number of hydrogen-bond donors (Lipinski definition) is 2. The summed E-state index contributed by atoms with van der Waals surface area (Å²) in [4.78, 5) is 14.5. The Kier molecular flexibility index (Phi) is 6.02.